The van der Waals surface area contributed by atoms with Crippen molar-refractivity contribution in [2.45, 2.75) is 0 Å². The van der Waals surface area contributed by atoms with Gasteiger partial charge in [0.1, 0.15) is 11.4 Å². The van der Waals surface area contributed by atoms with Crippen molar-refractivity contribution in [3.8, 4) is 63.2 Å². The van der Waals surface area contributed by atoms with Crippen molar-refractivity contribution in [2.24, 2.45) is 0 Å². The van der Waals surface area contributed by atoms with Crippen LogP contribution in [0, 0.1) is 0 Å². The fourth-order valence-electron chi connectivity index (χ4n) is 8.06. The maximum Gasteiger partial charge on any atom is 0.206 e. The Bertz CT molecular complexity index is 3280. The third-order valence-electron chi connectivity index (χ3n) is 11.8. The van der Waals surface area contributed by atoms with Crippen LogP contribution in [-0.2, 0) is 0 Å². The average molecular weight is 1020 g/mol. The smallest absolute Gasteiger partial charge is 0.206 e. The molecule has 0 fully saturated rings. The minimum Gasteiger partial charge on any atom is -0.494 e. The second kappa shape index (κ2) is 25.1. The first-order valence-corrected chi connectivity index (χ1v) is 23.1. The SMILES string of the molecule is COc1ccc(C(=O)/C=C\Nc2c(/C=C\c3cc(OC)c(OC)c(OC)c3)ccc(OC)c2OC)cc1NOc1cc(/C=C\c2ccc(OC)c(OC)c2N/C=C\C(=O)c2c[nH]c3ccccc23)cc(OC)c1OC. The van der Waals surface area contributed by atoms with Gasteiger partial charge in [-0.05, 0) is 83.9 Å². The van der Waals surface area contributed by atoms with Gasteiger partial charge in [-0.3, -0.25) is 9.59 Å². The van der Waals surface area contributed by atoms with E-state index in [0.29, 0.717) is 96.8 Å². The number of ether oxygens (including phenoxy) is 10. The van der Waals surface area contributed by atoms with Crippen molar-refractivity contribution in [1.82, 2.24) is 4.98 Å². The van der Waals surface area contributed by atoms with E-state index < -0.39 is 0 Å². The fourth-order valence-corrected chi connectivity index (χ4v) is 8.06. The van der Waals surface area contributed by atoms with Crippen LogP contribution in [0.3, 0.4) is 0 Å². The van der Waals surface area contributed by atoms with Crippen LogP contribution in [0.25, 0.3) is 35.2 Å². The van der Waals surface area contributed by atoms with Crippen molar-refractivity contribution in [1.29, 1.82) is 0 Å². The lowest BCUT2D eigenvalue weighted by molar-refractivity contribution is 0.103. The fraction of sp³-hybridized carbons (Fsp3) is 0.172. The lowest BCUT2D eigenvalue weighted by Gasteiger charge is -2.17. The molecule has 75 heavy (non-hydrogen) atoms. The highest BCUT2D eigenvalue weighted by molar-refractivity contribution is 6.13. The number of ketones is 2. The summed E-state index contributed by atoms with van der Waals surface area (Å²) in [6.45, 7) is 0. The largest absolute Gasteiger partial charge is 0.494 e. The maximum atomic E-state index is 13.8. The number of rotatable bonds is 25. The Morgan fingerprint density at radius 1 is 0.453 bits per heavy atom. The van der Waals surface area contributed by atoms with E-state index in [0.717, 1.165) is 22.0 Å². The molecule has 0 bridgehead atoms. The van der Waals surface area contributed by atoms with Gasteiger partial charge in [-0.15, -0.1) is 0 Å². The normalized spacial score (nSPS) is 11.2. The number of para-hydroxylation sites is 1. The Hall–Kier alpha value is -9.64. The number of hydrogen-bond donors (Lipinski definition) is 4. The summed E-state index contributed by atoms with van der Waals surface area (Å²) < 4.78 is 56.4. The first kappa shape index (κ1) is 53.2. The molecule has 0 saturated carbocycles. The predicted molar refractivity (Wildman–Crippen MR) is 292 cm³/mol. The molecule has 0 spiro atoms. The molecule has 1 aromatic heterocycles. The van der Waals surface area contributed by atoms with E-state index in [1.807, 2.05) is 72.8 Å². The zero-order valence-corrected chi connectivity index (χ0v) is 43.2. The Kier molecular flexibility index (Phi) is 17.8. The van der Waals surface area contributed by atoms with E-state index in [1.165, 1.54) is 53.9 Å². The third kappa shape index (κ3) is 12.0. The molecule has 0 unspecified atom stereocenters. The highest BCUT2D eigenvalue weighted by atomic mass is 16.7. The third-order valence-corrected chi connectivity index (χ3v) is 11.8. The van der Waals surface area contributed by atoms with Gasteiger partial charge in [0.05, 0.1) is 82.5 Å². The van der Waals surface area contributed by atoms with Crippen LogP contribution >= 0.6 is 0 Å². The molecular weight excluding hydrogens is 961 g/mol. The summed E-state index contributed by atoms with van der Waals surface area (Å²) in [7, 11) is 15.3. The second-order valence-electron chi connectivity index (χ2n) is 16.0. The number of carbonyl (C=O) groups excluding carboxylic acids is 2. The average Bonchev–Trinajstić information content (AvgIpc) is 3.89. The zero-order chi connectivity index (χ0) is 53.4. The summed E-state index contributed by atoms with van der Waals surface area (Å²) in [6, 6.07) is 27.0. The standard InChI is InChI=1S/C58H58N4O13/c1-65-46-22-21-39(44(63)25-27-59-53-37(19-23-47(66-2)57(53)73-9)17-15-35-29-49(68-4)55(71-7)50(30-35)69-5)33-43(46)62-75-52-32-36(31-51(70-6)56(52)72-8)16-18-38-20-24-48(67-3)58(74-10)54(38)60-28-26-45(64)41-34-61-42-14-12-11-13-40(41)42/h11-34,59-62H,1-10H3/b17-15-,18-16-,27-25-,28-26-. The van der Waals surface area contributed by atoms with Crippen LogP contribution in [0.1, 0.15) is 43.0 Å². The summed E-state index contributed by atoms with van der Waals surface area (Å²) in [6.07, 6.45) is 15.1. The van der Waals surface area contributed by atoms with E-state index in [2.05, 4.69) is 21.1 Å². The highest BCUT2D eigenvalue weighted by Crippen LogP contribution is 2.43. The predicted octanol–water partition coefficient (Wildman–Crippen LogP) is 11.6. The van der Waals surface area contributed by atoms with E-state index >= 15 is 0 Å². The minimum atomic E-state index is -0.337. The van der Waals surface area contributed by atoms with Crippen LogP contribution in [0.2, 0.25) is 0 Å². The molecule has 0 saturated heterocycles. The molecule has 17 heteroatoms. The lowest BCUT2D eigenvalue weighted by Crippen LogP contribution is -2.09. The molecule has 388 valence electrons. The van der Waals surface area contributed by atoms with Crippen molar-refractivity contribution < 1.29 is 61.8 Å². The molecule has 7 aromatic rings. The van der Waals surface area contributed by atoms with Gasteiger partial charge in [0.25, 0.3) is 0 Å². The molecule has 7 rings (SSSR count). The molecule has 4 N–H and O–H groups in total. The topological polar surface area (TPSA) is 188 Å². The monoisotopic (exact) mass is 1020 g/mol. The molecule has 0 aliphatic rings. The Labute approximate surface area is 434 Å². The first-order chi connectivity index (χ1) is 36.6. The van der Waals surface area contributed by atoms with Crippen molar-refractivity contribution in [3.05, 3.63) is 155 Å². The molecule has 6 aromatic carbocycles. The maximum absolute atomic E-state index is 13.8. The van der Waals surface area contributed by atoms with E-state index in [1.54, 1.807) is 90.4 Å². The summed E-state index contributed by atoms with van der Waals surface area (Å²) in [5.41, 5.74) is 8.98. The molecule has 0 aliphatic carbocycles. The number of methoxy groups -OCH3 is 10. The van der Waals surface area contributed by atoms with Gasteiger partial charge in [-0.2, -0.15) is 0 Å². The highest BCUT2D eigenvalue weighted by Gasteiger charge is 2.19. The van der Waals surface area contributed by atoms with E-state index in [9.17, 15) is 9.59 Å². The van der Waals surface area contributed by atoms with Crippen LogP contribution in [0.5, 0.6) is 63.2 Å². The number of carbonyl (C=O) groups is 2. The van der Waals surface area contributed by atoms with Crippen LogP contribution < -0.4 is 68.3 Å². The number of H-pyrrole nitrogens is 1. The summed E-state index contributed by atoms with van der Waals surface area (Å²) in [5, 5.41) is 7.28. The first-order valence-electron chi connectivity index (χ1n) is 23.1. The number of allylic oxidation sites excluding steroid dienone is 2. The number of fused-ring (bicyclic) bond motifs is 1. The van der Waals surface area contributed by atoms with Crippen LogP contribution in [-0.4, -0.2) is 87.6 Å². The number of aromatic amines is 1. The van der Waals surface area contributed by atoms with Crippen molar-refractivity contribution in [3.63, 3.8) is 0 Å². The number of aromatic nitrogens is 1. The van der Waals surface area contributed by atoms with Gasteiger partial charge in [0.2, 0.25) is 17.2 Å². The van der Waals surface area contributed by atoms with Gasteiger partial charge in [-0.25, -0.2) is 5.48 Å². The summed E-state index contributed by atoms with van der Waals surface area (Å²) in [5.74, 6) is 4.09. The second-order valence-corrected chi connectivity index (χ2v) is 16.0. The Morgan fingerprint density at radius 2 is 0.920 bits per heavy atom. The number of hydrogen-bond acceptors (Lipinski definition) is 16. The van der Waals surface area contributed by atoms with Crippen LogP contribution in [0.4, 0.5) is 17.1 Å². The van der Waals surface area contributed by atoms with Gasteiger partial charge < -0.3 is 67.8 Å². The van der Waals surface area contributed by atoms with Gasteiger partial charge in [0.15, 0.2) is 51.8 Å². The Balaban J connectivity index is 1.11. The molecule has 0 aliphatic heterocycles. The van der Waals surface area contributed by atoms with Crippen molar-refractivity contribution in [2.75, 3.05) is 87.2 Å². The van der Waals surface area contributed by atoms with Gasteiger partial charge >= 0.3 is 0 Å². The summed E-state index contributed by atoms with van der Waals surface area (Å²) >= 11 is 0. The number of benzene rings is 6. The quantitative estimate of drug-likeness (QED) is 0.0183. The van der Waals surface area contributed by atoms with Crippen molar-refractivity contribution >= 4 is 63.8 Å². The minimum absolute atomic E-state index is 0.188. The summed E-state index contributed by atoms with van der Waals surface area (Å²) in [4.78, 5) is 36.4. The van der Waals surface area contributed by atoms with E-state index in [-0.39, 0.29) is 17.3 Å². The number of anilines is 3. The Morgan fingerprint density at radius 3 is 1.43 bits per heavy atom. The molecular formula is C58H58N4O13. The van der Waals surface area contributed by atoms with Crippen LogP contribution in [0.15, 0.2) is 122 Å². The van der Waals surface area contributed by atoms with E-state index in [4.69, 9.17) is 52.2 Å². The molecule has 17 nitrogen and oxygen atoms in total. The molecule has 0 radical (unpaired) electrons. The van der Waals surface area contributed by atoms with Gasteiger partial charge in [0, 0.05) is 63.9 Å². The zero-order valence-electron chi connectivity index (χ0n) is 43.2. The lowest BCUT2D eigenvalue weighted by atomic mass is 10.1. The van der Waals surface area contributed by atoms with Gasteiger partial charge in [-0.1, -0.05) is 42.5 Å². The molecule has 1 heterocycles. The number of nitrogens with one attached hydrogen (secondary N) is 4. The molecule has 0 atom stereocenters. The molecule has 0 amide bonds.